The monoisotopic (exact) mass is 620 g/mol. The highest BCUT2D eigenvalue weighted by Crippen LogP contribution is 2.63. The van der Waals surface area contributed by atoms with Crippen LogP contribution in [-0.4, -0.2) is 60.8 Å². The summed E-state index contributed by atoms with van der Waals surface area (Å²) in [6.45, 7) is 1.87. The van der Waals surface area contributed by atoms with Gasteiger partial charge < -0.3 is 0 Å². The third kappa shape index (κ3) is 7.31. The Labute approximate surface area is 206 Å². The lowest BCUT2D eigenvalue weighted by atomic mass is 9.88. The van der Waals surface area contributed by atoms with E-state index in [4.69, 9.17) is 4.55 Å². The first-order valence-corrected chi connectivity index (χ1v) is 12.0. The minimum absolute atomic E-state index is 0.164. The zero-order chi connectivity index (χ0) is 30.6. The van der Waals surface area contributed by atoms with Crippen LogP contribution >= 0.6 is 0 Å². The van der Waals surface area contributed by atoms with Gasteiger partial charge in [0.25, 0.3) is 0 Å². The molecule has 0 aromatic heterocycles. The van der Waals surface area contributed by atoms with E-state index >= 15 is 0 Å². The number of hydrogen-bond acceptors (Lipinski definition) is 3. The van der Waals surface area contributed by atoms with Crippen molar-refractivity contribution < 1.29 is 83.0 Å². The molecule has 0 saturated heterocycles. The van der Waals surface area contributed by atoms with E-state index < -0.39 is 71.1 Å². The summed E-state index contributed by atoms with van der Waals surface area (Å²) in [5, 5.41) is 0. The Bertz CT molecular complexity index is 856. The summed E-state index contributed by atoms with van der Waals surface area (Å²) in [5.41, 5.74) is 0. The van der Waals surface area contributed by atoms with E-state index in [-0.39, 0.29) is 12.8 Å². The van der Waals surface area contributed by atoms with Gasteiger partial charge in [-0.05, 0) is 6.42 Å². The number of hydrogen-bond donors (Lipinski definition) is 1. The van der Waals surface area contributed by atoms with E-state index in [0.29, 0.717) is 12.8 Å². The van der Waals surface area contributed by atoms with Crippen molar-refractivity contribution in [3.63, 3.8) is 0 Å². The number of rotatable bonds is 17. The SMILES string of the molecule is CCCCCCCCCCC(OS(=O)(=O)O)C(F)(F)C(F)(F)C(F)(F)C(F)(F)C(F)(F)C(F)(F)C(F)(F)F. The van der Waals surface area contributed by atoms with Crippen molar-refractivity contribution in [1.82, 2.24) is 0 Å². The Morgan fingerprint density at radius 3 is 1.29 bits per heavy atom. The minimum Gasteiger partial charge on any atom is -0.264 e. The molecule has 0 heterocycles. The standard InChI is InChI=1S/C18H23F15O4S/c1-2-3-4-5-6-7-8-9-10-11(37-38(34,35)36)12(19,20)13(21,22)14(23,24)15(25,26)16(27,28)17(29,30)18(31,32)33/h11H,2-10H2,1H3,(H,34,35,36). The van der Waals surface area contributed by atoms with Crippen LogP contribution in [0.3, 0.4) is 0 Å². The van der Waals surface area contributed by atoms with Crippen LogP contribution in [0.25, 0.3) is 0 Å². The second kappa shape index (κ2) is 12.1. The molecule has 0 aliphatic rings. The van der Waals surface area contributed by atoms with Crippen LogP contribution in [0.5, 0.6) is 0 Å². The molecule has 0 aliphatic heterocycles. The zero-order valence-electron chi connectivity index (χ0n) is 19.2. The summed E-state index contributed by atoms with van der Waals surface area (Å²) in [5.74, 6) is -48.3. The number of unbranched alkanes of at least 4 members (excludes halogenated alkanes) is 7. The molecule has 1 N–H and O–H groups in total. The molecule has 0 aliphatic carbocycles. The van der Waals surface area contributed by atoms with E-state index in [1.54, 1.807) is 0 Å². The lowest BCUT2D eigenvalue weighted by Crippen LogP contribution is -2.73. The van der Waals surface area contributed by atoms with Gasteiger partial charge in [-0.2, -0.15) is 74.3 Å². The molecule has 38 heavy (non-hydrogen) atoms. The smallest absolute Gasteiger partial charge is 0.264 e. The predicted molar refractivity (Wildman–Crippen MR) is 99.4 cm³/mol. The van der Waals surface area contributed by atoms with E-state index in [1.807, 2.05) is 6.92 Å². The van der Waals surface area contributed by atoms with Gasteiger partial charge in [0.2, 0.25) is 0 Å². The Morgan fingerprint density at radius 2 is 0.921 bits per heavy atom. The van der Waals surface area contributed by atoms with Gasteiger partial charge in [-0.25, -0.2) is 4.18 Å². The maximum Gasteiger partial charge on any atom is 0.460 e. The average molecular weight is 620 g/mol. The fraction of sp³-hybridized carbons (Fsp3) is 1.00. The lowest BCUT2D eigenvalue weighted by molar-refractivity contribution is -0.455. The van der Waals surface area contributed by atoms with Crippen molar-refractivity contribution >= 4 is 10.4 Å². The van der Waals surface area contributed by atoms with Crippen LogP contribution in [-0.2, 0) is 14.6 Å². The topological polar surface area (TPSA) is 63.6 Å². The highest BCUT2D eigenvalue weighted by Gasteiger charge is 2.93. The normalized spacial score (nSPS) is 16.1. The third-order valence-electron chi connectivity index (χ3n) is 5.31. The summed E-state index contributed by atoms with van der Waals surface area (Å²) in [6.07, 6.45) is -11.0. The summed E-state index contributed by atoms with van der Waals surface area (Å²) in [6, 6.07) is 0. The van der Waals surface area contributed by atoms with Gasteiger partial charge in [-0.15, -0.1) is 0 Å². The van der Waals surface area contributed by atoms with Crippen LogP contribution in [0, 0.1) is 0 Å². The fourth-order valence-electron chi connectivity index (χ4n) is 3.08. The van der Waals surface area contributed by atoms with Gasteiger partial charge in [0.1, 0.15) is 6.10 Å². The van der Waals surface area contributed by atoms with Gasteiger partial charge in [-0.1, -0.05) is 58.3 Å². The van der Waals surface area contributed by atoms with Gasteiger partial charge >= 0.3 is 52.1 Å². The van der Waals surface area contributed by atoms with Crippen molar-refractivity contribution in [1.29, 1.82) is 0 Å². The maximum atomic E-state index is 14.3. The maximum absolute atomic E-state index is 14.3. The lowest BCUT2D eigenvalue weighted by Gasteiger charge is -2.42. The molecule has 1 unspecified atom stereocenters. The summed E-state index contributed by atoms with van der Waals surface area (Å²) < 4.78 is 234. The summed E-state index contributed by atoms with van der Waals surface area (Å²) in [7, 11) is -6.24. The molecule has 0 aromatic carbocycles. The highest BCUT2D eigenvalue weighted by molar-refractivity contribution is 7.80. The summed E-state index contributed by atoms with van der Waals surface area (Å²) in [4.78, 5) is 0. The van der Waals surface area contributed by atoms with Crippen LogP contribution in [0.15, 0.2) is 0 Å². The number of alkyl halides is 15. The molecule has 0 fully saturated rings. The van der Waals surface area contributed by atoms with Gasteiger partial charge in [-0.3, -0.25) is 4.55 Å². The molecule has 0 bridgehead atoms. The van der Waals surface area contributed by atoms with Gasteiger partial charge in [0, 0.05) is 0 Å². The third-order valence-corrected chi connectivity index (χ3v) is 5.79. The van der Waals surface area contributed by atoms with Crippen molar-refractivity contribution in [2.75, 3.05) is 0 Å². The molecule has 0 aromatic rings. The minimum atomic E-state index is -8.51. The van der Waals surface area contributed by atoms with Crippen molar-refractivity contribution in [2.24, 2.45) is 0 Å². The fourth-order valence-corrected chi connectivity index (χ4v) is 3.59. The molecule has 4 nitrogen and oxygen atoms in total. The molecule has 0 saturated carbocycles. The molecule has 0 rings (SSSR count). The van der Waals surface area contributed by atoms with E-state index in [2.05, 4.69) is 4.18 Å². The van der Waals surface area contributed by atoms with Gasteiger partial charge in [0.15, 0.2) is 0 Å². The van der Waals surface area contributed by atoms with Crippen LogP contribution in [0.4, 0.5) is 65.9 Å². The van der Waals surface area contributed by atoms with Crippen LogP contribution < -0.4 is 0 Å². The first kappa shape index (κ1) is 36.8. The van der Waals surface area contributed by atoms with E-state index in [9.17, 15) is 74.3 Å². The predicted octanol–water partition coefficient (Wildman–Crippen LogP) is 8.08. The second-order valence-electron chi connectivity index (χ2n) is 8.27. The number of halogens is 15. The first-order chi connectivity index (χ1) is 16.7. The molecule has 230 valence electrons. The van der Waals surface area contributed by atoms with Gasteiger partial charge in [0.05, 0.1) is 0 Å². The highest BCUT2D eigenvalue weighted by atomic mass is 32.3. The Morgan fingerprint density at radius 1 is 0.579 bits per heavy atom. The summed E-state index contributed by atoms with van der Waals surface area (Å²) >= 11 is 0. The zero-order valence-corrected chi connectivity index (χ0v) is 20.0. The van der Waals surface area contributed by atoms with Crippen LogP contribution in [0.2, 0.25) is 0 Å². The molecule has 0 radical (unpaired) electrons. The van der Waals surface area contributed by atoms with Crippen LogP contribution in [0.1, 0.15) is 64.7 Å². The molecular weight excluding hydrogens is 597 g/mol. The average Bonchev–Trinajstić information content (AvgIpc) is 2.72. The molecule has 0 amide bonds. The van der Waals surface area contributed by atoms with Crippen molar-refractivity contribution in [2.45, 2.75) is 113 Å². The van der Waals surface area contributed by atoms with Crippen molar-refractivity contribution in [3.8, 4) is 0 Å². The Hall–Kier alpha value is -1.18. The largest absolute Gasteiger partial charge is 0.460 e. The Balaban J connectivity index is 6.21. The molecule has 1 atom stereocenters. The Kier molecular flexibility index (Phi) is 11.8. The van der Waals surface area contributed by atoms with E-state index in [0.717, 1.165) is 19.3 Å². The van der Waals surface area contributed by atoms with E-state index in [1.165, 1.54) is 0 Å². The second-order valence-corrected chi connectivity index (χ2v) is 9.32. The quantitative estimate of drug-likeness (QED) is 0.102. The molecule has 0 spiro atoms. The first-order valence-electron chi connectivity index (χ1n) is 10.7. The molecular formula is C18H23F15O4S. The van der Waals surface area contributed by atoms with Crippen molar-refractivity contribution in [3.05, 3.63) is 0 Å². The molecule has 20 heteroatoms.